The third-order valence-electron chi connectivity index (χ3n) is 5.22. The molecule has 1 aromatic carbocycles. The first kappa shape index (κ1) is 16.2. The topological polar surface area (TPSA) is 79.0 Å². The van der Waals surface area contributed by atoms with Crippen molar-refractivity contribution in [3.63, 3.8) is 0 Å². The number of carbonyl (C=O) groups excluding carboxylic acids is 3. The number of rotatable bonds is 1. The molecule has 1 spiro atoms. The van der Waals surface area contributed by atoms with Crippen LogP contribution >= 0.6 is 11.6 Å². The Bertz CT molecular complexity index is 783. The van der Waals surface area contributed by atoms with Crippen molar-refractivity contribution in [1.29, 1.82) is 0 Å². The third kappa shape index (κ3) is 2.54. The number of fused-ring (bicyclic) bond motifs is 1. The van der Waals surface area contributed by atoms with Gasteiger partial charge in [-0.15, -0.1) is 0 Å². The first-order chi connectivity index (χ1) is 11.9. The molecule has 0 radical (unpaired) electrons. The summed E-state index contributed by atoms with van der Waals surface area (Å²) in [7, 11) is 1.45. The normalized spacial score (nSPS) is 28.2. The summed E-state index contributed by atoms with van der Waals surface area (Å²) in [4.78, 5) is 39.7. The summed E-state index contributed by atoms with van der Waals surface area (Å²) < 4.78 is 5.69. The number of ether oxygens (including phenoxy) is 1. The molecule has 4 amide bonds. The Kier molecular flexibility index (Phi) is 3.64. The van der Waals surface area contributed by atoms with E-state index >= 15 is 0 Å². The van der Waals surface area contributed by atoms with E-state index in [-0.39, 0.29) is 24.3 Å². The van der Waals surface area contributed by atoms with Gasteiger partial charge in [0.25, 0.3) is 5.91 Å². The summed E-state index contributed by atoms with van der Waals surface area (Å²) in [6, 6.07) is 4.98. The van der Waals surface area contributed by atoms with Crippen molar-refractivity contribution < 1.29 is 19.1 Å². The molecule has 3 aliphatic rings. The van der Waals surface area contributed by atoms with Crippen LogP contribution in [-0.4, -0.2) is 59.9 Å². The number of benzene rings is 1. The lowest BCUT2D eigenvalue weighted by Gasteiger charge is -2.29. The average Bonchev–Trinajstić information content (AvgIpc) is 3.11. The zero-order valence-electron chi connectivity index (χ0n) is 13.8. The highest BCUT2D eigenvalue weighted by molar-refractivity contribution is 6.30. The lowest BCUT2D eigenvalue weighted by atomic mass is 9.95. The van der Waals surface area contributed by atoms with Crippen LogP contribution in [-0.2, 0) is 16.0 Å². The number of likely N-dealkylation sites (N-methyl/N-ethyl adjacent to an activating group) is 1. The first-order valence-corrected chi connectivity index (χ1v) is 8.58. The van der Waals surface area contributed by atoms with Gasteiger partial charge in [-0.1, -0.05) is 11.6 Å². The summed E-state index contributed by atoms with van der Waals surface area (Å²) in [5, 5.41) is 3.34. The van der Waals surface area contributed by atoms with Crippen LogP contribution in [0, 0.1) is 5.92 Å². The number of hydrogen-bond acceptors (Lipinski definition) is 4. The maximum absolute atomic E-state index is 12.9. The van der Waals surface area contributed by atoms with Gasteiger partial charge in [0.15, 0.2) is 0 Å². The fraction of sp³-hybridized carbons (Fsp3) is 0.471. The molecule has 2 fully saturated rings. The minimum Gasteiger partial charge on any atom is -0.492 e. The molecule has 4 rings (SSSR count). The fourth-order valence-electron chi connectivity index (χ4n) is 3.81. The van der Waals surface area contributed by atoms with E-state index in [4.69, 9.17) is 16.3 Å². The molecule has 0 bridgehead atoms. The van der Waals surface area contributed by atoms with Crippen LogP contribution in [0.15, 0.2) is 18.2 Å². The number of nitrogens with zero attached hydrogens (tertiary/aromatic N) is 2. The monoisotopic (exact) mass is 363 g/mol. The molecular formula is C17H18ClN3O4. The molecule has 0 aliphatic carbocycles. The van der Waals surface area contributed by atoms with E-state index < -0.39 is 11.6 Å². The van der Waals surface area contributed by atoms with Gasteiger partial charge in [-0.2, -0.15) is 0 Å². The van der Waals surface area contributed by atoms with Crippen molar-refractivity contribution in [2.24, 2.45) is 5.92 Å². The molecular weight excluding hydrogens is 346 g/mol. The van der Waals surface area contributed by atoms with Crippen molar-refractivity contribution in [3.05, 3.63) is 28.8 Å². The molecule has 2 saturated heterocycles. The largest absolute Gasteiger partial charge is 0.492 e. The second kappa shape index (κ2) is 5.62. The van der Waals surface area contributed by atoms with Crippen LogP contribution in [0.3, 0.4) is 0 Å². The SMILES string of the molecule is CN1C(=O)NC2(CCN(C(=O)C3COc4ccc(Cl)cc4C3)C2)C1=O. The lowest BCUT2D eigenvalue weighted by molar-refractivity contribution is -0.136. The van der Waals surface area contributed by atoms with Crippen LogP contribution in [0.5, 0.6) is 5.75 Å². The summed E-state index contributed by atoms with van der Waals surface area (Å²) in [5.74, 6) is 0.112. The minimum atomic E-state index is -0.974. The second-order valence-electron chi connectivity index (χ2n) is 6.85. The Labute approximate surface area is 149 Å². The number of likely N-dealkylation sites (tertiary alicyclic amines) is 1. The molecule has 7 nitrogen and oxygen atoms in total. The van der Waals surface area contributed by atoms with Gasteiger partial charge in [0.1, 0.15) is 17.9 Å². The Hall–Kier alpha value is -2.28. The van der Waals surface area contributed by atoms with E-state index in [2.05, 4.69) is 5.32 Å². The van der Waals surface area contributed by atoms with Gasteiger partial charge in [0.05, 0.1) is 12.5 Å². The van der Waals surface area contributed by atoms with Gasteiger partial charge in [0, 0.05) is 18.6 Å². The maximum atomic E-state index is 12.9. The van der Waals surface area contributed by atoms with Gasteiger partial charge in [-0.05, 0) is 36.6 Å². The van der Waals surface area contributed by atoms with Crippen molar-refractivity contribution in [2.75, 3.05) is 26.7 Å². The number of imide groups is 1. The van der Waals surface area contributed by atoms with Crippen LogP contribution in [0.2, 0.25) is 5.02 Å². The second-order valence-corrected chi connectivity index (χ2v) is 7.29. The molecule has 3 heterocycles. The van der Waals surface area contributed by atoms with Crippen LogP contribution < -0.4 is 10.1 Å². The van der Waals surface area contributed by atoms with Crippen molar-refractivity contribution in [3.8, 4) is 5.75 Å². The molecule has 0 aromatic heterocycles. The van der Waals surface area contributed by atoms with Gasteiger partial charge in [-0.25, -0.2) is 4.79 Å². The van der Waals surface area contributed by atoms with Crippen molar-refractivity contribution in [2.45, 2.75) is 18.4 Å². The van der Waals surface area contributed by atoms with Crippen LogP contribution in [0.25, 0.3) is 0 Å². The minimum absolute atomic E-state index is 0.0564. The zero-order valence-corrected chi connectivity index (χ0v) is 14.5. The standard InChI is InChI=1S/C17H18ClN3O4/c1-20-15(23)17(19-16(20)24)4-5-21(9-17)14(22)11-6-10-7-12(18)2-3-13(10)25-8-11/h2-3,7,11H,4-6,8-9H2,1H3,(H,19,24). The van der Waals surface area contributed by atoms with Gasteiger partial charge < -0.3 is 15.0 Å². The van der Waals surface area contributed by atoms with Crippen molar-refractivity contribution in [1.82, 2.24) is 15.1 Å². The quantitative estimate of drug-likeness (QED) is 0.756. The van der Waals surface area contributed by atoms with E-state index in [0.29, 0.717) is 31.0 Å². The van der Waals surface area contributed by atoms with E-state index in [1.54, 1.807) is 11.0 Å². The highest BCUT2D eigenvalue weighted by Crippen LogP contribution is 2.33. The molecule has 8 heteroatoms. The van der Waals surface area contributed by atoms with E-state index in [9.17, 15) is 14.4 Å². The predicted molar refractivity (Wildman–Crippen MR) is 89.4 cm³/mol. The number of halogens is 1. The van der Waals surface area contributed by atoms with E-state index in [1.165, 1.54) is 7.05 Å². The Morgan fingerprint density at radius 1 is 1.40 bits per heavy atom. The highest BCUT2D eigenvalue weighted by atomic mass is 35.5. The summed E-state index contributed by atoms with van der Waals surface area (Å²) in [5.41, 5.74) is -0.0610. The number of nitrogens with one attached hydrogen (secondary N) is 1. The first-order valence-electron chi connectivity index (χ1n) is 8.20. The molecule has 2 atom stereocenters. The molecule has 3 aliphatic heterocycles. The molecule has 2 unspecified atom stereocenters. The number of carbonyl (C=O) groups is 3. The Morgan fingerprint density at radius 3 is 2.92 bits per heavy atom. The highest BCUT2D eigenvalue weighted by Gasteiger charge is 2.54. The lowest BCUT2D eigenvalue weighted by Crippen LogP contribution is -2.50. The van der Waals surface area contributed by atoms with Crippen LogP contribution in [0.1, 0.15) is 12.0 Å². The smallest absolute Gasteiger partial charge is 0.324 e. The van der Waals surface area contributed by atoms with Gasteiger partial charge in [-0.3, -0.25) is 14.5 Å². The fourth-order valence-corrected chi connectivity index (χ4v) is 4.00. The number of amides is 4. The van der Waals surface area contributed by atoms with Crippen molar-refractivity contribution >= 4 is 29.4 Å². The number of hydrogen-bond donors (Lipinski definition) is 1. The van der Waals surface area contributed by atoms with Gasteiger partial charge >= 0.3 is 6.03 Å². The molecule has 0 saturated carbocycles. The predicted octanol–water partition coefficient (Wildman–Crippen LogP) is 1.04. The number of urea groups is 1. The molecule has 132 valence electrons. The van der Waals surface area contributed by atoms with E-state index in [1.807, 2.05) is 12.1 Å². The molecule has 25 heavy (non-hydrogen) atoms. The molecule has 1 aromatic rings. The third-order valence-corrected chi connectivity index (χ3v) is 5.46. The molecule has 1 N–H and O–H groups in total. The van der Waals surface area contributed by atoms with Crippen LogP contribution in [0.4, 0.5) is 4.79 Å². The summed E-state index contributed by atoms with van der Waals surface area (Å²) in [6.07, 6.45) is 0.988. The average molecular weight is 364 g/mol. The summed E-state index contributed by atoms with van der Waals surface area (Å²) in [6.45, 7) is 0.953. The Morgan fingerprint density at radius 2 is 2.20 bits per heavy atom. The maximum Gasteiger partial charge on any atom is 0.324 e. The van der Waals surface area contributed by atoms with Gasteiger partial charge in [0.2, 0.25) is 5.91 Å². The van der Waals surface area contributed by atoms with E-state index in [0.717, 1.165) is 16.2 Å². The zero-order chi connectivity index (χ0) is 17.8. The summed E-state index contributed by atoms with van der Waals surface area (Å²) >= 11 is 6.02. The Balaban J connectivity index is 1.48.